The number of benzene rings is 2. The normalized spacial score (nSPS) is 11.0. The highest BCUT2D eigenvalue weighted by atomic mass is 35.5. The molecule has 0 unspecified atom stereocenters. The Hall–Kier alpha value is -2.82. The maximum absolute atomic E-state index is 12.9. The number of thioether (sulfide) groups is 1. The van der Waals surface area contributed by atoms with E-state index in [1.165, 1.54) is 40.7 Å². The van der Waals surface area contributed by atoms with Gasteiger partial charge in [0.05, 0.1) is 16.3 Å². The van der Waals surface area contributed by atoms with E-state index in [1.807, 2.05) is 0 Å². The van der Waals surface area contributed by atoms with Crippen molar-refractivity contribution in [1.29, 1.82) is 0 Å². The lowest BCUT2D eigenvalue weighted by Crippen LogP contribution is -2.15. The van der Waals surface area contributed by atoms with Crippen molar-refractivity contribution in [3.8, 4) is 17.2 Å². The van der Waals surface area contributed by atoms with Gasteiger partial charge in [0, 0.05) is 5.02 Å². The summed E-state index contributed by atoms with van der Waals surface area (Å²) in [7, 11) is 0. The molecule has 0 aliphatic heterocycles. The van der Waals surface area contributed by atoms with Crippen LogP contribution in [0.5, 0.6) is 5.75 Å². The van der Waals surface area contributed by atoms with Crippen LogP contribution in [0, 0.1) is 5.82 Å². The van der Waals surface area contributed by atoms with E-state index in [2.05, 4.69) is 20.4 Å². The zero-order chi connectivity index (χ0) is 21.1. The van der Waals surface area contributed by atoms with Crippen LogP contribution in [-0.4, -0.2) is 25.1 Å². The van der Waals surface area contributed by atoms with E-state index < -0.39 is 0 Å². The second kappa shape index (κ2) is 8.90. The van der Waals surface area contributed by atoms with E-state index in [-0.39, 0.29) is 18.3 Å². The largest absolute Gasteiger partial charge is 0.486 e. The molecule has 0 aliphatic carbocycles. The van der Waals surface area contributed by atoms with Gasteiger partial charge in [-0.1, -0.05) is 35.0 Å². The highest BCUT2D eigenvalue weighted by molar-refractivity contribution is 7.98. The minimum absolute atomic E-state index is 0.0788. The third kappa shape index (κ3) is 4.66. The van der Waals surface area contributed by atoms with Crippen molar-refractivity contribution in [2.45, 2.75) is 17.5 Å². The van der Waals surface area contributed by atoms with Crippen LogP contribution in [0.25, 0.3) is 11.5 Å². The Morgan fingerprint density at radius 2 is 1.87 bits per heavy atom. The van der Waals surface area contributed by atoms with Crippen LogP contribution in [0.2, 0.25) is 10.0 Å². The third-order valence-electron chi connectivity index (χ3n) is 3.87. The highest BCUT2D eigenvalue weighted by Crippen LogP contribution is 2.30. The first kappa shape index (κ1) is 20.5. The summed E-state index contributed by atoms with van der Waals surface area (Å²) in [5.74, 6) is 7.56. The first-order valence-corrected chi connectivity index (χ1v) is 10.2. The van der Waals surface area contributed by atoms with Crippen molar-refractivity contribution in [3.05, 3.63) is 70.0 Å². The Balaban J connectivity index is 1.37. The van der Waals surface area contributed by atoms with Gasteiger partial charge in [0.2, 0.25) is 16.9 Å². The molecule has 0 saturated heterocycles. The monoisotopic (exact) mass is 466 g/mol. The molecule has 0 atom stereocenters. The van der Waals surface area contributed by atoms with Crippen LogP contribution in [0.4, 0.5) is 4.39 Å². The van der Waals surface area contributed by atoms with E-state index in [0.29, 0.717) is 44.0 Å². The fourth-order valence-corrected chi connectivity index (χ4v) is 3.59. The predicted molar refractivity (Wildman–Crippen MR) is 110 cm³/mol. The number of hydrogen-bond acceptors (Lipinski definition) is 8. The SMILES string of the molecule is Nn1c(COc2ccc(F)cc2)nnc1SCc1nnc(-c2ccc(Cl)cc2Cl)o1. The van der Waals surface area contributed by atoms with Crippen LogP contribution in [0.15, 0.2) is 52.0 Å². The smallest absolute Gasteiger partial charge is 0.249 e. The average molecular weight is 467 g/mol. The lowest BCUT2D eigenvalue weighted by molar-refractivity contribution is 0.291. The molecule has 2 aromatic heterocycles. The molecule has 2 heterocycles. The number of rotatable bonds is 7. The van der Waals surface area contributed by atoms with Crippen molar-refractivity contribution in [2.24, 2.45) is 0 Å². The molecule has 2 aromatic carbocycles. The molecule has 0 spiro atoms. The molecule has 0 aliphatic rings. The molecule has 8 nitrogen and oxygen atoms in total. The second-order valence-electron chi connectivity index (χ2n) is 5.93. The molecule has 2 N–H and O–H groups in total. The second-order valence-corrected chi connectivity index (χ2v) is 7.71. The van der Waals surface area contributed by atoms with Gasteiger partial charge in [0.25, 0.3) is 0 Å². The molecule has 0 saturated carbocycles. The fourth-order valence-electron chi connectivity index (χ4n) is 2.39. The van der Waals surface area contributed by atoms with Gasteiger partial charge in [-0.05, 0) is 42.5 Å². The summed E-state index contributed by atoms with van der Waals surface area (Å²) in [6.07, 6.45) is 0. The Morgan fingerprint density at radius 3 is 2.63 bits per heavy atom. The van der Waals surface area contributed by atoms with Gasteiger partial charge in [0.1, 0.15) is 18.2 Å². The maximum atomic E-state index is 12.9. The summed E-state index contributed by atoms with van der Waals surface area (Å²) >= 11 is 13.3. The third-order valence-corrected chi connectivity index (χ3v) is 5.35. The van der Waals surface area contributed by atoms with Crippen LogP contribution in [0.3, 0.4) is 0 Å². The van der Waals surface area contributed by atoms with E-state index >= 15 is 0 Å². The van der Waals surface area contributed by atoms with Crippen LogP contribution >= 0.6 is 35.0 Å². The van der Waals surface area contributed by atoms with E-state index in [1.54, 1.807) is 18.2 Å². The standard InChI is InChI=1S/C18H13Cl2FN6O2S/c19-10-1-6-13(14(20)7-10)17-25-24-16(29-17)9-30-18-26-23-15(27(18)22)8-28-12-4-2-11(21)3-5-12/h1-7H,8-9,22H2. The summed E-state index contributed by atoms with van der Waals surface area (Å²) in [6.45, 7) is 0.0788. The quantitative estimate of drug-likeness (QED) is 0.316. The van der Waals surface area contributed by atoms with Crippen molar-refractivity contribution in [2.75, 3.05) is 5.84 Å². The number of aromatic nitrogens is 5. The van der Waals surface area contributed by atoms with Crippen molar-refractivity contribution in [1.82, 2.24) is 25.1 Å². The zero-order valence-electron chi connectivity index (χ0n) is 15.1. The molecule has 0 fully saturated rings. The topological polar surface area (TPSA) is 105 Å². The lowest BCUT2D eigenvalue weighted by Gasteiger charge is -2.06. The van der Waals surface area contributed by atoms with Crippen LogP contribution in [-0.2, 0) is 12.4 Å². The maximum Gasteiger partial charge on any atom is 0.249 e. The number of halogens is 3. The number of nitrogens with two attached hydrogens (primary N) is 1. The minimum atomic E-state index is -0.342. The van der Waals surface area contributed by atoms with E-state index in [4.69, 9.17) is 38.2 Å². The van der Waals surface area contributed by atoms with Crippen molar-refractivity contribution >= 4 is 35.0 Å². The highest BCUT2D eigenvalue weighted by Gasteiger charge is 2.15. The van der Waals surface area contributed by atoms with Crippen molar-refractivity contribution in [3.63, 3.8) is 0 Å². The van der Waals surface area contributed by atoms with Gasteiger partial charge in [-0.25, -0.2) is 9.07 Å². The predicted octanol–water partition coefficient (Wildman–Crippen LogP) is 4.36. The Labute approximate surface area is 184 Å². The molecule has 12 heteroatoms. The Kier molecular flexibility index (Phi) is 6.07. The molecule has 0 radical (unpaired) electrons. The summed E-state index contributed by atoms with van der Waals surface area (Å²) < 4.78 is 25.4. The lowest BCUT2D eigenvalue weighted by atomic mass is 10.2. The van der Waals surface area contributed by atoms with Crippen LogP contribution in [0.1, 0.15) is 11.7 Å². The van der Waals surface area contributed by atoms with Gasteiger partial charge >= 0.3 is 0 Å². The zero-order valence-corrected chi connectivity index (χ0v) is 17.5. The van der Waals surface area contributed by atoms with Crippen LogP contribution < -0.4 is 10.6 Å². The van der Waals surface area contributed by atoms with Gasteiger partial charge in [-0.2, -0.15) is 0 Å². The number of nitrogens with zero attached hydrogens (tertiary/aromatic N) is 5. The molecule has 30 heavy (non-hydrogen) atoms. The minimum Gasteiger partial charge on any atom is -0.486 e. The van der Waals surface area contributed by atoms with Gasteiger partial charge in [0.15, 0.2) is 5.82 Å². The summed E-state index contributed by atoms with van der Waals surface area (Å²) in [6, 6.07) is 10.6. The van der Waals surface area contributed by atoms with Gasteiger partial charge in [-0.15, -0.1) is 20.4 Å². The van der Waals surface area contributed by atoms with Crippen molar-refractivity contribution < 1.29 is 13.5 Å². The Bertz CT molecular complexity index is 1170. The van der Waals surface area contributed by atoms with Gasteiger partial charge in [-0.3, -0.25) is 0 Å². The first-order valence-electron chi connectivity index (χ1n) is 8.48. The van der Waals surface area contributed by atoms with E-state index in [9.17, 15) is 4.39 Å². The molecule has 154 valence electrons. The molecule has 4 rings (SSSR count). The summed E-state index contributed by atoms with van der Waals surface area (Å²) in [4.78, 5) is 0. The van der Waals surface area contributed by atoms with E-state index in [0.717, 1.165) is 0 Å². The summed E-state index contributed by atoms with van der Waals surface area (Å²) in [5.41, 5.74) is 0.590. The number of nitrogen functional groups attached to an aromatic ring is 1. The van der Waals surface area contributed by atoms with Gasteiger partial charge < -0.3 is 15.0 Å². The average Bonchev–Trinajstić information content (AvgIpc) is 3.33. The number of ether oxygens (including phenoxy) is 1. The fraction of sp³-hybridized carbons (Fsp3) is 0.111. The Morgan fingerprint density at radius 1 is 1.07 bits per heavy atom. The molecule has 0 bridgehead atoms. The summed E-state index contributed by atoms with van der Waals surface area (Å²) in [5, 5.41) is 17.4. The first-order chi connectivity index (χ1) is 14.5. The molecular formula is C18H13Cl2FN6O2S. The molecule has 0 amide bonds. The molecule has 4 aromatic rings. The number of hydrogen-bond donors (Lipinski definition) is 1. The molecular weight excluding hydrogens is 454 g/mol.